The number of thioether (sulfide) groups is 1. The van der Waals surface area contributed by atoms with E-state index in [1.54, 1.807) is 0 Å². The molecule has 2 N–H and O–H groups in total. The number of hydrogen-bond acceptors (Lipinski definition) is 8. The van der Waals surface area contributed by atoms with Crippen LogP contribution in [0.25, 0.3) is 0 Å². The number of thiocarbonyl (C=S) groups is 2. The number of halogens is 8. The number of hydrogen-bond donors (Lipinski definition) is 2. The Labute approximate surface area is 325 Å². The molecular weight excluding hydrogens is 829 g/mol. The normalized spacial score (nSPS) is 18.1. The molecule has 2 saturated heterocycles. The van der Waals surface area contributed by atoms with Crippen molar-refractivity contribution >= 4 is 92.5 Å². The van der Waals surface area contributed by atoms with E-state index in [2.05, 4.69) is 10.6 Å². The molecule has 1 atom stereocenters. The molecule has 2 aliphatic carbocycles. The Morgan fingerprint density at radius 2 is 1.20 bits per heavy atom. The number of alkyl halides is 6. The zero-order valence-corrected chi connectivity index (χ0v) is 31.9. The summed E-state index contributed by atoms with van der Waals surface area (Å²) < 4.78 is 116. The van der Waals surface area contributed by atoms with Gasteiger partial charge >= 0.3 is 24.4 Å². The molecule has 4 aliphatic rings. The SMILES string of the molecule is Cc1cc(F)c(N2C(=O)CN(C(=O)NC3CC3)C2=S)cc1S(=O)CC(F)(F)F.Cc1cc(F)c(N2C(=O)CN(C(=O)NC3CC3)C2=S)cc1SCC(F)(F)F. The molecule has 0 radical (unpaired) electrons. The van der Waals surface area contributed by atoms with Crippen LogP contribution >= 0.6 is 36.2 Å². The smallest absolute Gasteiger partial charge is 0.335 e. The van der Waals surface area contributed by atoms with Crippen LogP contribution in [0.4, 0.5) is 56.1 Å². The monoisotopic (exact) mass is 858 g/mol. The fourth-order valence-electron chi connectivity index (χ4n) is 5.17. The fraction of sp³-hybridized carbons (Fsp3) is 0.438. The molecule has 298 valence electrons. The lowest BCUT2D eigenvalue weighted by Gasteiger charge is -2.21. The third-order valence-electron chi connectivity index (χ3n) is 8.13. The summed E-state index contributed by atoms with van der Waals surface area (Å²) in [7, 11) is -2.49. The third-order valence-corrected chi connectivity index (χ3v) is 11.7. The number of benzene rings is 2. The van der Waals surface area contributed by atoms with Gasteiger partial charge in [-0.3, -0.25) is 33.4 Å². The van der Waals surface area contributed by atoms with Crippen LogP contribution in [-0.4, -0.2) is 97.1 Å². The number of urea groups is 2. The maximum absolute atomic E-state index is 14.5. The molecule has 23 heteroatoms. The first-order valence-electron chi connectivity index (χ1n) is 16.2. The number of nitrogens with zero attached hydrogens (tertiary/aromatic N) is 4. The summed E-state index contributed by atoms with van der Waals surface area (Å²) in [5, 5.41) is 4.85. The summed E-state index contributed by atoms with van der Waals surface area (Å²) in [6.45, 7) is 2.02. The van der Waals surface area contributed by atoms with Crippen molar-refractivity contribution in [3.05, 3.63) is 47.0 Å². The minimum atomic E-state index is -4.68. The lowest BCUT2D eigenvalue weighted by atomic mass is 10.2. The Bertz CT molecular complexity index is 1980. The molecule has 2 aliphatic heterocycles. The van der Waals surface area contributed by atoms with Crippen LogP contribution in [0.1, 0.15) is 36.8 Å². The van der Waals surface area contributed by atoms with Crippen LogP contribution in [0, 0.1) is 25.5 Å². The number of anilines is 2. The highest BCUT2D eigenvalue weighted by Gasteiger charge is 2.42. The van der Waals surface area contributed by atoms with Crippen molar-refractivity contribution in [2.75, 3.05) is 34.4 Å². The van der Waals surface area contributed by atoms with Crippen LogP contribution in [0.5, 0.6) is 0 Å². The highest BCUT2D eigenvalue weighted by atomic mass is 32.2. The molecular formula is C32H30F8N6O5S4. The van der Waals surface area contributed by atoms with Crippen molar-refractivity contribution in [1.82, 2.24) is 20.4 Å². The maximum Gasteiger partial charge on any atom is 0.400 e. The van der Waals surface area contributed by atoms with Gasteiger partial charge in [0.25, 0.3) is 11.8 Å². The van der Waals surface area contributed by atoms with Gasteiger partial charge in [0.05, 0.1) is 27.9 Å². The summed E-state index contributed by atoms with van der Waals surface area (Å²) in [5.41, 5.74) is -0.342. The Morgan fingerprint density at radius 3 is 1.62 bits per heavy atom. The summed E-state index contributed by atoms with van der Waals surface area (Å²) in [5.74, 6) is -5.82. The van der Waals surface area contributed by atoms with E-state index < -0.39 is 82.4 Å². The van der Waals surface area contributed by atoms with Crippen molar-refractivity contribution < 1.29 is 58.5 Å². The Kier molecular flexibility index (Phi) is 12.5. The van der Waals surface area contributed by atoms with Crippen LogP contribution in [0.3, 0.4) is 0 Å². The van der Waals surface area contributed by atoms with Gasteiger partial charge in [-0.15, -0.1) is 11.8 Å². The van der Waals surface area contributed by atoms with Crippen LogP contribution in [0.15, 0.2) is 34.1 Å². The van der Waals surface area contributed by atoms with Crippen molar-refractivity contribution in [3.8, 4) is 0 Å². The predicted octanol–water partition coefficient (Wildman–Crippen LogP) is 6.20. The summed E-state index contributed by atoms with van der Waals surface area (Å²) in [6.07, 6.45) is -5.76. The van der Waals surface area contributed by atoms with E-state index >= 15 is 0 Å². The maximum atomic E-state index is 14.5. The minimum Gasteiger partial charge on any atom is -0.335 e. The van der Waals surface area contributed by atoms with Gasteiger partial charge in [-0.25, -0.2) is 18.4 Å². The van der Waals surface area contributed by atoms with Gasteiger partial charge < -0.3 is 10.6 Å². The number of nitrogens with one attached hydrogen (secondary N) is 2. The first kappa shape index (κ1) is 42.2. The van der Waals surface area contributed by atoms with Gasteiger partial charge in [-0.05, 0) is 99.4 Å². The van der Waals surface area contributed by atoms with Gasteiger partial charge in [-0.2, -0.15) is 26.3 Å². The Hall–Kier alpha value is -3.96. The highest BCUT2D eigenvalue weighted by Crippen LogP contribution is 2.36. The second kappa shape index (κ2) is 16.3. The number of amides is 6. The van der Waals surface area contributed by atoms with Crippen molar-refractivity contribution in [1.29, 1.82) is 0 Å². The van der Waals surface area contributed by atoms with Crippen molar-refractivity contribution in [2.45, 2.75) is 73.8 Å². The molecule has 0 spiro atoms. The standard InChI is InChI=1S/C16H15F4N3O3S2.C16H15F4N3O2S2/c1-8-4-10(17)11(5-12(8)28(26)7-16(18,19)20)23-13(24)6-22(15(23)27)14(25)21-9-2-3-9;1-8-4-10(17)11(5-12(8)27-7-16(18,19)20)23-13(24)6-22(15(23)26)14(25)21-9-2-3-9/h4-5,9H,2-3,6-7H2,1H3,(H,21,25);4-5,9H,2-3,6-7H2,1H3,(H,21,25). The lowest BCUT2D eigenvalue weighted by molar-refractivity contribution is -0.117. The molecule has 2 aromatic carbocycles. The van der Waals surface area contributed by atoms with E-state index in [1.807, 2.05) is 0 Å². The Balaban J connectivity index is 0.000000211. The van der Waals surface area contributed by atoms with Crippen LogP contribution in [-0.2, 0) is 20.4 Å². The molecule has 1 unspecified atom stereocenters. The van der Waals surface area contributed by atoms with E-state index in [4.69, 9.17) is 24.4 Å². The molecule has 6 rings (SSSR count). The molecule has 11 nitrogen and oxygen atoms in total. The topological polar surface area (TPSA) is 122 Å². The third kappa shape index (κ3) is 10.5. The first-order valence-corrected chi connectivity index (χ1v) is 19.3. The highest BCUT2D eigenvalue weighted by molar-refractivity contribution is 7.99. The molecule has 0 bridgehead atoms. The summed E-state index contributed by atoms with van der Waals surface area (Å²) in [4.78, 5) is 52.5. The molecule has 2 aromatic rings. The van der Waals surface area contributed by atoms with E-state index in [1.165, 1.54) is 13.8 Å². The molecule has 0 aromatic heterocycles. The minimum absolute atomic E-state index is 0.00644. The van der Waals surface area contributed by atoms with Gasteiger partial charge in [0, 0.05) is 21.9 Å². The zero-order valence-electron chi connectivity index (χ0n) is 28.6. The molecule has 55 heavy (non-hydrogen) atoms. The molecule has 6 amide bonds. The van der Waals surface area contributed by atoms with Gasteiger partial charge in [0.1, 0.15) is 30.5 Å². The first-order chi connectivity index (χ1) is 25.5. The van der Waals surface area contributed by atoms with Crippen LogP contribution in [0.2, 0.25) is 0 Å². The second-order valence-electron chi connectivity index (χ2n) is 12.8. The van der Waals surface area contributed by atoms with E-state index in [0.717, 1.165) is 69.5 Å². The second-order valence-corrected chi connectivity index (χ2v) is 16.0. The number of rotatable bonds is 8. The van der Waals surface area contributed by atoms with Crippen molar-refractivity contribution in [3.63, 3.8) is 0 Å². The number of aryl methyl sites for hydroxylation is 2. The van der Waals surface area contributed by atoms with Crippen molar-refractivity contribution in [2.24, 2.45) is 0 Å². The number of carbonyl (C=O) groups is 4. The van der Waals surface area contributed by atoms with Gasteiger partial charge in [0.15, 0.2) is 10.2 Å². The average molecular weight is 859 g/mol. The summed E-state index contributed by atoms with van der Waals surface area (Å²) in [6, 6.07) is 2.93. The van der Waals surface area contributed by atoms with E-state index in [0.29, 0.717) is 17.3 Å². The predicted molar refractivity (Wildman–Crippen MR) is 193 cm³/mol. The fourth-order valence-corrected chi connectivity index (χ4v) is 7.78. The number of carbonyl (C=O) groups excluding carboxylic acids is 4. The average Bonchev–Trinajstić information content (AvgIpc) is 3.99. The van der Waals surface area contributed by atoms with Gasteiger partial charge in [-0.1, -0.05) is 0 Å². The summed E-state index contributed by atoms with van der Waals surface area (Å²) >= 11 is 10.8. The van der Waals surface area contributed by atoms with E-state index in [9.17, 15) is 58.5 Å². The Morgan fingerprint density at radius 1 is 0.764 bits per heavy atom. The van der Waals surface area contributed by atoms with Gasteiger partial charge in [0.2, 0.25) is 0 Å². The molecule has 4 fully saturated rings. The quantitative estimate of drug-likeness (QED) is 0.183. The lowest BCUT2D eigenvalue weighted by Crippen LogP contribution is -2.43. The molecule has 2 saturated carbocycles. The molecule has 2 heterocycles. The largest absolute Gasteiger partial charge is 0.400 e. The van der Waals surface area contributed by atoms with Crippen LogP contribution < -0.4 is 20.4 Å². The van der Waals surface area contributed by atoms with E-state index in [-0.39, 0.29) is 49.9 Å². The zero-order chi connectivity index (χ0) is 40.7.